The van der Waals surface area contributed by atoms with Crippen molar-refractivity contribution >= 4 is 55.7 Å². The maximum Gasteiger partial charge on any atom is 0.270 e. The van der Waals surface area contributed by atoms with Gasteiger partial charge in [-0.25, -0.2) is 0 Å². The number of carbonyl (C=O) groups excluding carboxylic acids is 1. The Morgan fingerprint density at radius 2 is 1.26 bits per heavy atom. The molecule has 0 spiro atoms. The molecule has 0 bridgehead atoms. The van der Waals surface area contributed by atoms with Gasteiger partial charge in [0.1, 0.15) is 0 Å². The second-order valence-corrected chi connectivity index (χ2v) is 10.8. The molecule has 6 aromatic rings. The highest BCUT2D eigenvalue weighted by atomic mass is 16.6. The van der Waals surface area contributed by atoms with Crippen LogP contribution in [-0.2, 0) is 4.79 Å². The fourth-order valence-corrected chi connectivity index (χ4v) is 4.11. The van der Waals surface area contributed by atoms with Crippen LogP contribution in [0.25, 0.3) is 32.7 Å². The van der Waals surface area contributed by atoms with Crippen molar-refractivity contribution in [1.82, 2.24) is 15.0 Å². The van der Waals surface area contributed by atoms with Gasteiger partial charge >= 0.3 is 0 Å². The normalized spacial score (nSPS) is 10.7. The van der Waals surface area contributed by atoms with Gasteiger partial charge in [0.05, 0.1) is 21.5 Å². The molecule has 0 radical (unpaired) electrons. The third-order valence-electron chi connectivity index (χ3n) is 6.00. The molecule has 9 nitrogen and oxygen atoms in total. The average Bonchev–Trinajstić information content (AvgIpc) is 2.96. The van der Waals surface area contributed by atoms with Gasteiger partial charge in [0.2, 0.25) is 5.91 Å². The maximum absolute atomic E-state index is 11.8. The summed E-state index contributed by atoms with van der Waals surface area (Å²) in [6, 6.07) is 27.4. The lowest BCUT2D eigenvalue weighted by molar-refractivity contribution is -0.384. The molecule has 6 rings (SSSR count). The molecule has 3 aromatic heterocycles. The lowest BCUT2D eigenvalue weighted by Crippen LogP contribution is -2.19. The molecule has 0 fully saturated rings. The zero-order valence-corrected chi connectivity index (χ0v) is 23.7. The molecular formula is C33H32N6O3. The van der Waals surface area contributed by atoms with Gasteiger partial charge < -0.3 is 11.1 Å². The zero-order valence-electron chi connectivity index (χ0n) is 23.7. The fourth-order valence-electron chi connectivity index (χ4n) is 4.11. The first-order valence-electron chi connectivity index (χ1n) is 13.3. The molecule has 0 atom stereocenters. The number of anilines is 2. The standard InChI is InChI=1S/C15H18N2O.C9H6N2O2.C9H8N2/c1-15(2,3)10-14(18)17-12-6-7-13-11(9-12)5-4-8-16-13;12-11(13)8-3-4-9-7(6-8)2-1-5-10-9;10-8-3-4-9-7(6-8)2-1-5-11-9/h4-9H,10H2,1-3H3,(H,17,18);1-6H;1-6H,10H2. The Balaban J connectivity index is 0.000000150. The van der Waals surface area contributed by atoms with E-state index in [1.54, 1.807) is 36.8 Å². The van der Waals surface area contributed by atoms with Gasteiger partial charge in [-0.15, -0.1) is 0 Å². The fraction of sp³-hybridized carbons (Fsp3) is 0.152. The summed E-state index contributed by atoms with van der Waals surface area (Å²) in [5, 5.41) is 16.3. The lowest BCUT2D eigenvalue weighted by Gasteiger charge is -2.17. The number of pyridine rings is 3. The Morgan fingerprint density at radius 3 is 1.81 bits per heavy atom. The van der Waals surface area contributed by atoms with E-state index >= 15 is 0 Å². The molecule has 212 valence electrons. The van der Waals surface area contributed by atoms with Gasteiger partial charge in [-0.3, -0.25) is 29.9 Å². The number of carbonyl (C=O) groups is 1. The highest BCUT2D eigenvalue weighted by Crippen LogP contribution is 2.22. The number of nitrogens with one attached hydrogen (secondary N) is 1. The summed E-state index contributed by atoms with van der Waals surface area (Å²) in [6.45, 7) is 6.16. The summed E-state index contributed by atoms with van der Waals surface area (Å²) < 4.78 is 0. The van der Waals surface area contributed by atoms with Crippen LogP contribution >= 0.6 is 0 Å². The number of nitrogen functional groups attached to an aromatic ring is 1. The number of hydrogen-bond donors (Lipinski definition) is 2. The van der Waals surface area contributed by atoms with E-state index in [9.17, 15) is 14.9 Å². The van der Waals surface area contributed by atoms with Crippen molar-refractivity contribution in [2.45, 2.75) is 27.2 Å². The largest absolute Gasteiger partial charge is 0.399 e. The van der Waals surface area contributed by atoms with Crippen molar-refractivity contribution in [3.63, 3.8) is 0 Å². The molecule has 0 saturated heterocycles. The van der Waals surface area contributed by atoms with Crippen LogP contribution in [0.15, 0.2) is 110 Å². The highest BCUT2D eigenvalue weighted by Gasteiger charge is 2.16. The van der Waals surface area contributed by atoms with E-state index in [2.05, 4.69) is 41.0 Å². The van der Waals surface area contributed by atoms with Gasteiger partial charge in [0.15, 0.2) is 0 Å². The predicted octanol–water partition coefficient (Wildman–Crippen LogP) is 7.57. The van der Waals surface area contributed by atoms with Crippen LogP contribution in [-0.4, -0.2) is 25.8 Å². The predicted molar refractivity (Wildman–Crippen MR) is 169 cm³/mol. The van der Waals surface area contributed by atoms with E-state index in [1.165, 1.54) is 12.1 Å². The van der Waals surface area contributed by atoms with Crippen molar-refractivity contribution in [1.29, 1.82) is 0 Å². The lowest BCUT2D eigenvalue weighted by atomic mass is 9.92. The molecule has 0 aliphatic heterocycles. The van der Waals surface area contributed by atoms with Crippen molar-refractivity contribution in [2.75, 3.05) is 11.1 Å². The Labute approximate surface area is 243 Å². The van der Waals surface area contributed by atoms with E-state index in [-0.39, 0.29) is 17.0 Å². The zero-order chi connectivity index (χ0) is 30.1. The molecule has 9 heteroatoms. The van der Waals surface area contributed by atoms with Crippen molar-refractivity contribution in [3.05, 3.63) is 120 Å². The number of fused-ring (bicyclic) bond motifs is 3. The van der Waals surface area contributed by atoms with Gasteiger partial charge in [-0.05, 0) is 66.1 Å². The summed E-state index contributed by atoms with van der Waals surface area (Å²) >= 11 is 0. The summed E-state index contributed by atoms with van der Waals surface area (Å²) in [5.74, 6) is 0.0470. The molecular weight excluding hydrogens is 528 g/mol. The van der Waals surface area contributed by atoms with Crippen LogP contribution in [0.4, 0.5) is 17.1 Å². The molecule has 3 heterocycles. The second-order valence-electron chi connectivity index (χ2n) is 10.8. The molecule has 1 amide bonds. The number of nitro groups is 1. The third kappa shape index (κ3) is 8.53. The second kappa shape index (κ2) is 13.3. The Hall–Kier alpha value is -5.44. The molecule has 42 heavy (non-hydrogen) atoms. The van der Waals surface area contributed by atoms with Gasteiger partial charge in [0.25, 0.3) is 5.69 Å². The van der Waals surface area contributed by atoms with Crippen LogP contribution in [0.5, 0.6) is 0 Å². The number of hydrogen-bond acceptors (Lipinski definition) is 7. The Morgan fingerprint density at radius 1 is 0.762 bits per heavy atom. The van der Waals surface area contributed by atoms with E-state index < -0.39 is 4.92 Å². The number of nitro benzene ring substituents is 1. The Bertz CT molecular complexity index is 1850. The monoisotopic (exact) mass is 560 g/mol. The topological polar surface area (TPSA) is 137 Å². The van der Waals surface area contributed by atoms with E-state index in [0.29, 0.717) is 6.42 Å². The molecule has 3 N–H and O–H groups in total. The highest BCUT2D eigenvalue weighted by molar-refractivity contribution is 5.93. The van der Waals surface area contributed by atoms with E-state index in [4.69, 9.17) is 5.73 Å². The molecule has 0 saturated carbocycles. The number of benzene rings is 3. The first-order chi connectivity index (χ1) is 20.1. The molecule has 0 aliphatic rings. The van der Waals surface area contributed by atoms with Crippen molar-refractivity contribution in [3.8, 4) is 0 Å². The first-order valence-corrected chi connectivity index (χ1v) is 13.3. The van der Waals surface area contributed by atoms with Crippen LogP contribution in [0.3, 0.4) is 0 Å². The van der Waals surface area contributed by atoms with E-state index in [0.717, 1.165) is 44.1 Å². The van der Waals surface area contributed by atoms with Crippen LogP contribution < -0.4 is 11.1 Å². The molecule has 0 unspecified atom stereocenters. The van der Waals surface area contributed by atoms with Gasteiger partial charge in [-0.2, -0.15) is 0 Å². The smallest absolute Gasteiger partial charge is 0.270 e. The van der Waals surface area contributed by atoms with Crippen molar-refractivity contribution in [2.24, 2.45) is 5.41 Å². The van der Waals surface area contributed by atoms with Crippen molar-refractivity contribution < 1.29 is 9.72 Å². The summed E-state index contributed by atoms with van der Waals surface area (Å²) in [6.07, 6.45) is 5.71. The first kappa shape index (κ1) is 29.5. The van der Waals surface area contributed by atoms with E-state index in [1.807, 2.05) is 60.7 Å². The number of nitrogens with zero attached hydrogens (tertiary/aromatic N) is 4. The number of non-ortho nitro benzene ring substituents is 1. The third-order valence-corrected chi connectivity index (χ3v) is 6.00. The van der Waals surface area contributed by atoms with Crippen LogP contribution in [0.2, 0.25) is 0 Å². The van der Waals surface area contributed by atoms with Crippen LogP contribution in [0, 0.1) is 15.5 Å². The SMILES string of the molecule is CC(C)(C)CC(=O)Nc1ccc2ncccc2c1.Nc1ccc2ncccc2c1.O=[N+]([O-])c1ccc2ncccc2c1. The Kier molecular flexibility index (Phi) is 9.34. The number of aromatic nitrogens is 3. The number of rotatable bonds is 3. The summed E-state index contributed by atoms with van der Waals surface area (Å²) in [4.78, 5) is 34.3. The minimum Gasteiger partial charge on any atom is -0.399 e. The average molecular weight is 561 g/mol. The van der Waals surface area contributed by atoms with Gasteiger partial charge in [-0.1, -0.05) is 39.0 Å². The quantitative estimate of drug-likeness (QED) is 0.129. The summed E-state index contributed by atoms with van der Waals surface area (Å²) in [7, 11) is 0. The number of nitrogens with two attached hydrogens (primary N) is 1. The maximum atomic E-state index is 11.8. The summed E-state index contributed by atoms with van der Waals surface area (Å²) in [5.41, 5.74) is 10.00. The van der Waals surface area contributed by atoms with Gasteiger partial charge in [0, 0.05) is 64.7 Å². The minimum absolute atomic E-state index is 0.00247. The number of amides is 1. The minimum atomic E-state index is -0.410. The van der Waals surface area contributed by atoms with Crippen LogP contribution in [0.1, 0.15) is 27.2 Å². The molecule has 0 aliphatic carbocycles. The molecule has 3 aromatic carbocycles.